The lowest BCUT2D eigenvalue weighted by atomic mass is 10.1. The minimum Gasteiger partial charge on any atom is -0.326 e. The standard InChI is InChI=1S/C21H20F3N3O3/c1-13(28)25-15-7-10-18(17(12-15)21(22,23)24)26-20(30)14-5-8-16(9-6-14)27-11-3-2-4-19(27)29/h5-10,12H,2-4,11H2,1H3,(H,25,28)(H,26,30). The van der Waals surface area contributed by atoms with Crippen LogP contribution in [0.25, 0.3) is 0 Å². The third kappa shape index (κ3) is 4.97. The number of carbonyl (C=O) groups excluding carboxylic acids is 3. The van der Waals surface area contributed by atoms with Gasteiger partial charge >= 0.3 is 6.18 Å². The summed E-state index contributed by atoms with van der Waals surface area (Å²) in [6.07, 6.45) is -2.52. The van der Waals surface area contributed by atoms with Crippen LogP contribution in [0.15, 0.2) is 42.5 Å². The number of rotatable bonds is 4. The van der Waals surface area contributed by atoms with Crippen molar-refractivity contribution in [2.45, 2.75) is 32.4 Å². The molecule has 1 heterocycles. The van der Waals surface area contributed by atoms with E-state index in [9.17, 15) is 27.6 Å². The van der Waals surface area contributed by atoms with Gasteiger partial charge in [-0.25, -0.2) is 0 Å². The summed E-state index contributed by atoms with van der Waals surface area (Å²) in [6.45, 7) is 1.78. The van der Waals surface area contributed by atoms with Crippen LogP contribution in [-0.4, -0.2) is 24.3 Å². The van der Waals surface area contributed by atoms with Crippen LogP contribution in [-0.2, 0) is 15.8 Å². The summed E-state index contributed by atoms with van der Waals surface area (Å²) in [4.78, 5) is 37.2. The van der Waals surface area contributed by atoms with Gasteiger partial charge in [-0.3, -0.25) is 14.4 Å². The van der Waals surface area contributed by atoms with Gasteiger partial charge in [-0.1, -0.05) is 0 Å². The molecule has 1 aliphatic rings. The molecule has 3 rings (SSSR count). The zero-order valence-electron chi connectivity index (χ0n) is 16.2. The number of piperidine rings is 1. The Morgan fingerprint density at radius 1 is 1.00 bits per heavy atom. The summed E-state index contributed by atoms with van der Waals surface area (Å²) in [5.41, 5.74) is -0.716. The number of amides is 3. The van der Waals surface area contributed by atoms with Crippen molar-refractivity contribution in [1.29, 1.82) is 0 Å². The molecule has 1 aliphatic heterocycles. The maximum absolute atomic E-state index is 13.4. The van der Waals surface area contributed by atoms with E-state index in [-0.39, 0.29) is 17.2 Å². The highest BCUT2D eigenvalue weighted by molar-refractivity contribution is 6.05. The number of halogens is 3. The van der Waals surface area contributed by atoms with Crippen molar-refractivity contribution in [3.05, 3.63) is 53.6 Å². The fourth-order valence-electron chi connectivity index (χ4n) is 3.23. The molecule has 0 spiro atoms. The Morgan fingerprint density at radius 3 is 2.30 bits per heavy atom. The molecule has 9 heteroatoms. The molecule has 1 fully saturated rings. The lowest BCUT2D eigenvalue weighted by molar-refractivity contribution is -0.137. The van der Waals surface area contributed by atoms with E-state index in [2.05, 4.69) is 10.6 Å². The van der Waals surface area contributed by atoms with Crippen LogP contribution in [0.5, 0.6) is 0 Å². The van der Waals surface area contributed by atoms with Crippen LogP contribution < -0.4 is 15.5 Å². The second kappa shape index (κ2) is 8.56. The van der Waals surface area contributed by atoms with Gasteiger partial charge in [0, 0.05) is 36.8 Å². The third-order valence-electron chi connectivity index (χ3n) is 4.66. The number of hydrogen-bond donors (Lipinski definition) is 2. The normalized spacial score (nSPS) is 14.4. The van der Waals surface area contributed by atoms with Gasteiger partial charge in [-0.2, -0.15) is 13.2 Å². The molecular formula is C21H20F3N3O3. The molecule has 2 aromatic rings. The Labute approximate surface area is 171 Å². The zero-order valence-corrected chi connectivity index (χ0v) is 16.2. The third-order valence-corrected chi connectivity index (χ3v) is 4.66. The fraction of sp³-hybridized carbons (Fsp3) is 0.286. The Hall–Kier alpha value is -3.36. The second-order valence-corrected chi connectivity index (χ2v) is 6.94. The van der Waals surface area contributed by atoms with Gasteiger partial charge in [0.15, 0.2) is 0 Å². The summed E-state index contributed by atoms with van der Waals surface area (Å²) in [7, 11) is 0. The van der Waals surface area contributed by atoms with Crippen LogP contribution >= 0.6 is 0 Å². The first kappa shape index (κ1) is 21.4. The van der Waals surface area contributed by atoms with Crippen molar-refractivity contribution in [3.63, 3.8) is 0 Å². The first-order valence-corrected chi connectivity index (χ1v) is 9.36. The molecule has 0 bridgehead atoms. The van der Waals surface area contributed by atoms with E-state index in [1.807, 2.05) is 0 Å². The maximum atomic E-state index is 13.4. The number of nitrogens with zero attached hydrogens (tertiary/aromatic N) is 1. The van der Waals surface area contributed by atoms with E-state index in [4.69, 9.17) is 0 Å². The van der Waals surface area contributed by atoms with Crippen LogP contribution in [0.4, 0.5) is 30.2 Å². The van der Waals surface area contributed by atoms with Crippen molar-refractivity contribution >= 4 is 34.8 Å². The molecule has 0 saturated carbocycles. The van der Waals surface area contributed by atoms with Crippen molar-refractivity contribution in [1.82, 2.24) is 0 Å². The number of anilines is 3. The first-order valence-electron chi connectivity index (χ1n) is 9.36. The van der Waals surface area contributed by atoms with E-state index >= 15 is 0 Å². The Bertz CT molecular complexity index is 972. The largest absolute Gasteiger partial charge is 0.418 e. The minimum absolute atomic E-state index is 0.00697. The molecule has 0 unspecified atom stereocenters. The average Bonchev–Trinajstić information content (AvgIpc) is 2.68. The summed E-state index contributed by atoms with van der Waals surface area (Å²) in [5.74, 6) is -1.22. The van der Waals surface area contributed by atoms with Gasteiger partial charge < -0.3 is 15.5 Å². The zero-order chi connectivity index (χ0) is 21.9. The van der Waals surface area contributed by atoms with Gasteiger partial charge in [0.25, 0.3) is 5.91 Å². The lowest BCUT2D eigenvalue weighted by Crippen LogP contribution is -2.35. The topological polar surface area (TPSA) is 78.5 Å². The Morgan fingerprint density at radius 2 is 1.70 bits per heavy atom. The second-order valence-electron chi connectivity index (χ2n) is 6.94. The molecular weight excluding hydrogens is 399 g/mol. The average molecular weight is 419 g/mol. The van der Waals surface area contributed by atoms with Crippen molar-refractivity contribution < 1.29 is 27.6 Å². The van der Waals surface area contributed by atoms with Crippen LogP contribution in [0.2, 0.25) is 0 Å². The number of nitrogens with one attached hydrogen (secondary N) is 2. The van der Waals surface area contributed by atoms with Crippen molar-refractivity contribution in [3.8, 4) is 0 Å². The predicted molar refractivity (Wildman–Crippen MR) is 106 cm³/mol. The molecule has 1 saturated heterocycles. The Balaban J connectivity index is 1.79. The molecule has 0 radical (unpaired) electrons. The van der Waals surface area contributed by atoms with E-state index in [1.165, 1.54) is 25.1 Å². The number of alkyl halides is 3. The molecule has 30 heavy (non-hydrogen) atoms. The molecule has 3 amide bonds. The minimum atomic E-state index is -4.73. The lowest BCUT2D eigenvalue weighted by Gasteiger charge is -2.26. The summed E-state index contributed by atoms with van der Waals surface area (Å²) in [5, 5.41) is 4.56. The van der Waals surface area contributed by atoms with E-state index < -0.39 is 29.2 Å². The smallest absolute Gasteiger partial charge is 0.326 e. The van der Waals surface area contributed by atoms with Gasteiger partial charge in [0.05, 0.1) is 11.3 Å². The van der Waals surface area contributed by atoms with Gasteiger partial charge in [0.1, 0.15) is 0 Å². The van der Waals surface area contributed by atoms with Crippen molar-refractivity contribution in [2.75, 3.05) is 22.1 Å². The maximum Gasteiger partial charge on any atom is 0.418 e. The quantitative estimate of drug-likeness (QED) is 0.770. The highest BCUT2D eigenvalue weighted by Crippen LogP contribution is 2.37. The van der Waals surface area contributed by atoms with Gasteiger partial charge in [-0.05, 0) is 55.3 Å². The number of benzene rings is 2. The predicted octanol–water partition coefficient (Wildman–Crippen LogP) is 4.43. The summed E-state index contributed by atoms with van der Waals surface area (Å²) >= 11 is 0. The molecule has 2 N–H and O–H groups in total. The molecule has 0 aromatic heterocycles. The highest BCUT2D eigenvalue weighted by Gasteiger charge is 2.34. The Kier molecular flexibility index (Phi) is 6.09. The monoisotopic (exact) mass is 419 g/mol. The SMILES string of the molecule is CC(=O)Nc1ccc(NC(=O)c2ccc(N3CCCCC3=O)cc2)c(C(F)(F)F)c1. The number of carbonyl (C=O) groups is 3. The van der Waals surface area contributed by atoms with Gasteiger partial charge in [-0.15, -0.1) is 0 Å². The van der Waals surface area contributed by atoms with Crippen LogP contribution in [0, 0.1) is 0 Å². The van der Waals surface area contributed by atoms with E-state index in [0.717, 1.165) is 25.0 Å². The highest BCUT2D eigenvalue weighted by atomic mass is 19.4. The van der Waals surface area contributed by atoms with Crippen LogP contribution in [0.1, 0.15) is 42.1 Å². The molecule has 6 nitrogen and oxygen atoms in total. The summed E-state index contributed by atoms with van der Waals surface area (Å²) < 4.78 is 40.2. The van der Waals surface area contributed by atoms with Crippen molar-refractivity contribution in [2.24, 2.45) is 0 Å². The first-order chi connectivity index (χ1) is 14.1. The van der Waals surface area contributed by atoms with Gasteiger partial charge in [0.2, 0.25) is 11.8 Å². The fourth-order valence-corrected chi connectivity index (χ4v) is 3.23. The van der Waals surface area contributed by atoms with E-state index in [0.29, 0.717) is 18.7 Å². The van der Waals surface area contributed by atoms with Crippen LogP contribution in [0.3, 0.4) is 0 Å². The molecule has 2 aromatic carbocycles. The summed E-state index contributed by atoms with van der Waals surface area (Å²) in [6, 6.07) is 9.26. The van der Waals surface area contributed by atoms with E-state index in [1.54, 1.807) is 17.0 Å². The molecule has 0 atom stereocenters. The molecule has 158 valence electrons. The molecule has 0 aliphatic carbocycles. The number of hydrogen-bond acceptors (Lipinski definition) is 3.